The van der Waals surface area contributed by atoms with Crippen LogP contribution in [-0.2, 0) is 4.79 Å². The highest BCUT2D eigenvalue weighted by atomic mass is 35.5. The Morgan fingerprint density at radius 2 is 2.28 bits per heavy atom. The number of hydrogen-bond acceptors (Lipinski definition) is 3. The van der Waals surface area contributed by atoms with Crippen LogP contribution >= 0.6 is 11.6 Å². The molecule has 2 rings (SSSR count). The van der Waals surface area contributed by atoms with Crippen molar-refractivity contribution in [2.45, 2.75) is 25.4 Å². The van der Waals surface area contributed by atoms with Gasteiger partial charge in [-0.2, -0.15) is 5.26 Å². The minimum atomic E-state index is -0.475. The fraction of sp³-hybridized carbons (Fsp3) is 0.385. The summed E-state index contributed by atoms with van der Waals surface area (Å²) in [5.74, 6) is 0.425. The van der Waals surface area contributed by atoms with Crippen molar-refractivity contribution >= 4 is 17.5 Å². The van der Waals surface area contributed by atoms with Gasteiger partial charge >= 0.3 is 0 Å². The summed E-state index contributed by atoms with van der Waals surface area (Å²) in [7, 11) is 0. The second-order valence-electron chi connectivity index (χ2n) is 4.15. The molecule has 0 spiro atoms. The quantitative estimate of drug-likeness (QED) is 0.891. The van der Waals surface area contributed by atoms with E-state index in [2.05, 4.69) is 5.32 Å². The number of benzene rings is 1. The number of rotatable bonds is 2. The van der Waals surface area contributed by atoms with Crippen molar-refractivity contribution in [3.8, 4) is 11.8 Å². The second-order valence-corrected chi connectivity index (χ2v) is 4.55. The highest BCUT2D eigenvalue weighted by Gasteiger charge is 2.22. The minimum absolute atomic E-state index is 0.0898. The lowest BCUT2D eigenvalue weighted by Gasteiger charge is -2.16. The van der Waals surface area contributed by atoms with Crippen molar-refractivity contribution in [1.82, 2.24) is 5.32 Å². The molecule has 1 amide bonds. The molecule has 1 saturated heterocycles. The van der Waals surface area contributed by atoms with Crippen molar-refractivity contribution in [1.29, 1.82) is 5.26 Å². The zero-order chi connectivity index (χ0) is 13.0. The van der Waals surface area contributed by atoms with Crippen LogP contribution in [0.4, 0.5) is 0 Å². The molecule has 1 aromatic carbocycles. The van der Waals surface area contributed by atoms with Crippen LogP contribution in [0.15, 0.2) is 18.2 Å². The summed E-state index contributed by atoms with van der Waals surface area (Å²) in [4.78, 5) is 11.7. The summed E-state index contributed by atoms with van der Waals surface area (Å²) in [6.45, 7) is 0.701. The van der Waals surface area contributed by atoms with Crippen LogP contribution in [0, 0.1) is 11.3 Å². The monoisotopic (exact) mass is 264 g/mol. The Hall–Kier alpha value is -1.73. The SMILES string of the molecule is N#Cc1ccc(OC2CCCCNC2=O)cc1Cl. The molecule has 94 valence electrons. The van der Waals surface area contributed by atoms with Gasteiger partial charge in [-0.3, -0.25) is 4.79 Å². The van der Waals surface area contributed by atoms with E-state index in [9.17, 15) is 4.79 Å². The maximum absolute atomic E-state index is 11.7. The van der Waals surface area contributed by atoms with Gasteiger partial charge in [0, 0.05) is 12.6 Å². The van der Waals surface area contributed by atoms with Crippen LogP contribution in [-0.4, -0.2) is 18.6 Å². The maximum atomic E-state index is 11.7. The first-order valence-corrected chi connectivity index (χ1v) is 6.22. The van der Waals surface area contributed by atoms with Crippen molar-refractivity contribution in [2.24, 2.45) is 0 Å². The molecule has 0 saturated carbocycles. The van der Waals surface area contributed by atoms with Crippen LogP contribution in [0.2, 0.25) is 5.02 Å². The summed E-state index contributed by atoms with van der Waals surface area (Å²) in [5.41, 5.74) is 0.398. The largest absolute Gasteiger partial charge is 0.481 e. The summed E-state index contributed by atoms with van der Waals surface area (Å²) in [6.07, 6.45) is 2.15. The standard InChI is InChI=1S/C13H13ClN2O2/c14-11-7-10(5-4-9(11)8-15)18-12-3-1-2-6-16-13(12)17/h4-5,7,12H,1-3,6H2,(H,16,17). The molecular formula is C13H13ClN2O2. The summed E-state index contributed by atoms with van der Waals surface area (Å²) in [5, 5.41) is 11.9. The third-order valence-corrected chi connectivity index (χ3v) is 3.14. The topological polar surface area (TPSA) is 62.1 Å². The Morgan fingerprint density at radius 3 is 3.00 bits per heavy atom. The Labute approximate surface area is 111 Å². The Kier molecular flexibility index (Phi) is 4.06. The number of amides is 1. The van der Waals surface area contributed by atoms with Crippen molar-refractivity contribution in [2.75, 3.05) is 6.54 Å². The molecule has 0 bridgehead atoms. The number of nitrogens with zero attached hydrogens (tertiary/aromatic N) is 1. The van der Waals surface area contributed by atoms with E-state index in [0.29, 0.717) is 29.3 Å². The minimum Gasteiger partial charge on any atom is -0.481 e. The summed E-state index contributed by atoms with van der Waals surface area (Å²) in [6, 6.07) is 6.79. The Bertz CT molecular complexity index is 496. The van der Waals surface area contributed by atoms with E-state index >= 15 is 0 Å². The number of nitriles is 1. The van der Waals surface area contributed by atoms with Gasteiger partial charge in [0.25, 0.3) is 5.91 Å². The first kappa shape index (κ1) is 12.7. The molecule has 5 heteroatoms. The highest BCUT2D eigenvalue weighted by Crippen LogP contribution is 2.24. The maximum Gasteiger partial charge on any atom is 0.261 e. The van der Waals surface area contributed by atoms with Crippen molar-refractivity contribution in [3.63, 3.8) is 0 Å². The molecule has 1 N–H and O–H groups in total. The molecule has 0 aliphatic carbocycles. The van der Waals surface area contributed by atoms with E-state index in [1.54, 1.807) is 18.2 Å². The average Bonchev–Trinajstić information content (AvgIpc) is 2.55. The number of ether oxygens (including phenoxy) is 1. The molecule has 1 aliphatic heterocycles. The lowest BCUT2D eigenvalue weighted by molar-refractivity contribution is -0.127. The first-order valence-electron chi connectivity index (χ1n) is 5.85. The lowest BCUT2D eigenvalue weighted by Crippen LogP contribution is -2.36. The third kappa shape index (κ3) is 2.93. The van der Waals surface area contributed by atoms with Gasteiger partial charge in [-0.1, -0.05) is 11.6 Å². The molecule has 1 aromatic rings. The molecule has 0 aromatic heterocycles. The Morgan fingerprint density at radius 1 is 1.44 bits per heavy atom. The van der Waals surface area contributed by atoms with E-state index in [0.717, 1.165) is 12.8 Å². The fourth-order valence-corrected chi connectivity index (χ4v) is 2.06. The van der Waals surface area contributed by atoms with E-state index in [1.165, 1.54) is 0 Å². The number of hydrogen-bond donors (Lipinski definition) is 1. The zero-order valence-electron chi connectivity index (χ0n) is 9.78. The Balaban J connectivity index is 2.11. The smallest absolute Gasteiger partial charge is 0.261 e. The normalized spacial score (nSPS) is 19.6. The van der Waals surface area contributed by atoms with Crippen molar-refractivity contribution in [3.05, 3.63) is 28.8 Å². The van der Waals surface area contributed by atoms with E-state index in [-0.39, 0.29) is 5.91 Å². The summed E-state index contributed by atoms with van der Waals surface area (Å²) >= 11 is 5.91. The summed E-state index contributed by atoms with van der Waals surface area (Å²) < 4.78 is 5.62. The van der Waals surface area contributed by atoms with E-state index in [1.807, 2.05) is 6.07 Å². The lowest BCUT2D eigenvalue weighted by atomic mass is 10.2. The van der Waals surface area contributed by atoms with Gasteiger partial charge in [0.1, 0.15) is 11.8 Å². The molecular weight excluding hydrogens is 252 g/mol. The third-order valence-electron chi connectivity index (χ3n) is 2.82. The van der Waals surface area contributed by atoms with Crippen LogP contribution in [0.3, 0.4) is 0 Å². The molecule has 1 unspecified atom stereocenters. The number of halogens is 1. The van der Waals surface area contributed by atoms with Crippen molar-refractivity contribution < 1.29 is 9.53 Å². The number of carbonyl (C=O) groups is 1. The van der Waals surface area contributed by atoms with Crippen LogP contribution in [0.25, 0.3) is 0 Å². The molecule has 1 aliphatic rings. The molecule has 1 heterocycles. The van der Waals surface area contributed by atoms with Crippen LogP contribution < -0.4 is 10.1 Å². The second kappa shape index (κ2) is 5.74. The molecule has 1 atom stereocenters. The predicted molar refractivity (Wildman–Crippen MR) is 67.4 cm³/mol. The fourth-order valence-electron chi connectivity index (χ4n) is 1.85. The molecule has 18 heavy (non-hydrogen) atoms. The average molecular weight is 265 g/mol. The molecule has 1 fully saturated rings. The zero-order valence-corrected chi connectivity index (χ0v) is 10.5. The van der Waals surface area contributed by atoms with Gasteiger partial charge in [0.05, 0.1) is 10.6 Å². The van der Waals surface area contributed by atoms with Gasteiger partial charge in [-0.25, -0.2) is 0 Å². The van der Waals surface area contributed by atoms with Gasteiger partial charge in [0.2, 0.25) is 0 Å². The van der Waals surface area contributed by atoms with Gasteiger partial charge in [-0.05, 0) is 31.4 Å². The number of carbonyl (C=O) groups excluding carboxylic acids is 1. The van der Waals surface area contributed by atoms with Crippen LogP contribution in [0.5, 0.6) is 5.75 Å². The van der Waals surface area contributed by atoms with Gasteiger partial charge in [-0.15, -0.1) is 0 Å². The van der Waals surface area contributed by atoms with Crippen LogP contribution in [0.1, 0.15) is 24.8 Å². The first-order chi connectivity index (χ1) is 8.70. The van der Waals surface area contributed by atoms with E-state index in [4.69, 9.17) is 21.6 Å². The van der Waals surface area contributed by atoms with E-state index < -0.39 is 6.10 Å². The molecule has 4 nitrogen and oxygen atoms in total. The van der Waals surface area contributed by atoms with Gasteiger partial charge < -0.3 is 10.1 Å². The highest BCUT2D eigenvalue weighted by molar-refractivity contribution is 6.31. The number of nitrogens with one attached hydrogen (secondary N) is 1. The predicted octanol–water partition coefficient (Wildman–Crippen LogP) is 2.26. The van der Waals surface area contributed by atoms with Gasteiger partial charge in [0.15, 0.2) is 6.10 Å². The molecule has 0 radical (unpaired) electrons.